The number of nitrogens with two attached hydrogens (primary N) is 1. The summed E-state index contributed by atoms with van der Waals surface area (Å²) in [5.41, 5.74) is 6.63. The largest absolute Gasteiger partial charge is 0.373 e. The molecule has 0 radical (unpaired) electrons. The number of carbonyl (C=O) groups is 1. The third kappa shape index (κ3) is 3.67. The van der Waals surface area contributed by atoms with Crippen LogP contribution in [0.15, 0.2) is 18.2 Å². The molecular weight excluding hydrogens is 246 g/mol. The first-order valence-corrected chi connectivity index (χ1v) is 6.17. The molecule has 0 heterocycles. The summed E-state index contributed by atoms with van der Waals surface area (Å²) in [6.07, 6.45) is 0.812. The molecule has 0 aliphatic carbocycles. The van der Waals surface area contributed by atoms with Crippen LogP contribution in [0.1, 0.15) is 25.8 Å². The molecule has 0 saturated carbocycles. The van der Waals surface area contributed by atoms with E-state index < -0.39 is 16.9 Å². The van der Waals surface area contributed by atoms with Gasteiger partial charge in [0.25, 0.3) is 5.69 Å². The molecule has 0 bridgehead atoms. The monoisotopic (exact) mass is 265 g/mol. The Hall–Kier alpha value is -2.11. The van der Waals surface area contributed by atoms with E-state index in [4.69, 9.17) is 5.73 Å². The number of primary amides is 1. The molecule has 0 spiro atoms. The molecule has 0 aliphatic rings. The van der Waals surface area contributed by atoms with Crippen LogP contribution in [0, 0.1) is 23.0 Å². The minimum atomic E-state index is -0.481. The second-order valence-corrected chi connectivity index (χ2v) is 4.67. The highest BCUT2D eigenvalue weighted by molar-refractivity contribution is 5.83. The summed E-state index contributed by atoms with van der Waals surface area (Å²) in [4.78, 5) is 21.7. The SMILES string of the molecule is CCC(C)C(Nc1ccc([N+](=O)[O-])c(C)c1)C(N)=O. The van der Waals surface area contributed by atoms with E-state index in [0.717, 1.165) is 6.42 Å². The number of amides is 1. The Balaban J connectivity index is 2.95. The molecule has 1 aromatic carbocycles. The van der Waals surface area contributed by atoms with Gasteiger partial charge in [0, 0.05) is 17.3 Å². The van der Waals surface area contributed by atoms with E-state index in [1.54, 1.807) is 19.1 Å². The molecule has 0 fully saturated rings. The van der Waals surface area contributed by atoms with Gasteiger partial charge in [-0.15, -0.1) is 0 Å². The number of benzene rings is 1. The third-order valence-corrected chi connectivity index (χ3v) is 3.24. The number of hydrogen-bond donors (Lipinski definition) is 2. The summed E-state index contributed by atoms with van der Waals surface area (Å²) in [5.74, 6) is -0.335. The Bertz CT molecular complexity index is 488. The summed E-state index contributed by atoms with van der Waals surface area (Å²) < 4.78 is 0. The van der Waals surface area contributed by atoms with Crippen LogP contribution in [0.2, 0.25) is 0 Å². The van der Waals surface area contributed by atoms with E-state index in [9.17, 15) is 14.9 Å². The van der Waals surface area contributed by atoms with E-state index in [1.807, 2.05) is 13.8 Å². The molecule has 1 amide bonds. The van der Waals surface area contributed by atoms with Gasteiger partial charge in [-0.1, -0.05) is 20.3 Å². The normalized spacial score (nSPS) is 13.6. The third-order valence-electron chi connectivity index (χ3n) is 3.24. The van der Waals surface area contributed by atoms with Gasteiger partial charge in [-0.25, -0.2) is 0 Å². The Morgan fingerprint density at radius 1 is 1.53 bits per heavy atom. The smallest absolute Gasteiger partial charge is 0.272 e. The van der Waals surface area contributed by atoms with Gasteiger partial charge in [0.1, 0.15) is 6.04 Å². The number of nitro benzene ring substituents is 1. The van der Waals surface area contributed by atoms with Crippen LogP contribution in [0.25, 0.3) is 0 Å². The predicted molar refractivity (Wildman–Crippen MR) is 73.9 cm³/mol. The number of aryl methyl sites for hydroxylation is 1. The van der Waals surface area contributed by atoms with Crippen molar-refractivity contribution in [1.82, 2.24) is 0 Å². The minimum Gasteiger partial charge on any atom is -0.373 e. The van der Waals surface area contributed by atoms with Crippen molar-refractivity contribution in [3.63, 3.8) is 0 Å². The van der Waals surface area contributed by atoms with Crippen molar-refractivity contribution >= 4 is 17.3 Å². The molecule has 0 saturated heterocycles. The second-order valence-electron chi connectivity index (χ2n) is 4.67. The van der Waals surface area contributed by atoms with Crippen molar-refractivity contribution < 1.29 is 9.72 Å². The zero-order valence-corrected chi connectivity index (χ0v) is 11.3. The number of anilines is 1. The lowest BCUT2D eigenvalue weighted by atomic mass is 9.98. The highest BCUT2D eigenvalue weighted by Crippen LogP contribution is 2.23. The highest BCUT2D eigenvalue weighted by atomic mass is 16.6. The molecule has 6 nitrogen and oxygen atoms in total. The number of nitrogens with zero attached hydrogens (tertiary/aromatic N) is 1. The van der Waals surface area contributed by atoms with E-state index in [-0.39, 0.29) is 11.6 Å². The van der Waals surface area contributed by atoms with Gasteiger partial charge < -0.3 is 11.1 Å². The fraction of sp³-hybridized carbons (Fsp3) is 0.462. The van der Waals surface area contributed by atoms with Gasteiger partial charge in [0.2, 0.25) is 5.91 Å². The van der Waals surface area contributed by atoms with Crippen LogP contribution >= 0.6 is 0 Å². The van der Waals surface area contributed by atoms with Gasteiger partial charge in [-0.05, 0) is 25.0 Å². The van der Waals surface area contributed by atoms with Crippen molar-refractivity contribution in [2.45, 2.75) is 33.2 Å². The number of hydrogen-bond acceptors (Lipinski definition) is 4. The molecule has 2 atom stereocenters. The first-order chi connectivity index (χ1) is 8.86. The van der Waals surface area contributed by atoms with E-state index >= 15 is 0 Å². The van der Waals surface area contributed by atoms with Crippen molar-refractivity contribution in [2.75, 3.05) is 5.32 Å². The maximum Gasteiger partial charge on any atom is 0.272 e. The highest BCUT2D eigenvalue weighted by Gasteiger charge is 2.22. The Labute approximate surface area is 112 Å². The van der Waals surface area contributed by atoms with Crippen LogP contribution < -0.4 is 11.1 Å². The second kappa shape index (κ2) is 6.17. The average molecular weight is 265 g/mol. The van der Waals surface area contributed by atoms with E-state index in [0.29, 0.717) is 11.3 Å². The van der Waals surface area contributed by atoms with Gasteiger partial charge in [-0.3, -0.25) is 14.9 Å². The molecule has 1 aromatic rings. The number of nitrogens with one attached hydrogen (secondary N) is 1. The predicted octanol–water partition coefficient (Wildman–Crippen LogP) is 2.22. The van der Waals surface area contributed by atoms with Crippen molar-refractivity contribution in [2.24, 2.45) is 11.7 Å². The summed E-state index contributed by atoms with van der Waals surface area (Å²) in [7, 11) is 0. The standard InChI is InChI=1S/C13H19N3O3/c1-4-8(2)12(13(14)17)15-10-5-6-11(16(18)19)9(3)7-10/h5-8,12,15H,4H2,1-3H3,(H2,14,17). The van der Waals surface area contributed by atoms with Crippen molar-refractivity contribution in [3.8, 4) is 0 Å². The lowest BCUT2D eigenvalue weighted by Gasteiger charge is -2.22. The molecule has 0 aromatic heterocycles. The zero-order chi connectivity index (χ0) is 14.6. The van der Waals surface area contributed by atoms with Crippen LogP contribution in [-0.2, 0) is 4.79 Å². The maximum absolute atomic E-state index is 11.4. The molecule has 19 heavy (non-hydrogen) atoms. The van der Waals surface area contributed by atoms with E-state index in [1.165, 1.54) is 6.07 Å². The van der Waals surface area contributed by atoms with Crippen LogP contribution in [0.4, 0.5) is 11.4 Å². The molecule has 6 heteroatoms. The van der Waals surface area contributed by atoms with Crippen molar-refractivity contribution in [1.29, 1.82) is 0 Å². The number of carbonyl (C=O) groups excluding carboxylic acids is 1. The van der Waals surface area contributed by atoms with Crippen molar-refractivity contribution in [3.05, 3.63) is 33.9 Å². The van der Waals surface area contributed by atoms with Crippen LogP contribution in [-0.4, -0.2) is 16.9 Å². The molecule has 3 N–H and O–H groups in total. The molecule has 2 unspecified atom stereocenters. The lowest BCUT2D eigenvalue weighted by molar-refractivity contribution is -0.385. The summed E-state index contributed by atoms with van der Waals surface area (Å²) in [6.45, 7) is 5.57. The first kappa shape index (κ1) is 14.9. The average Bonchev–Trinajstić information content (AvgIpc) is 2.34. The topological polar surface area (TPSA) is 98.3 Å². The lowest BCUT2D eigenvalue weighted by Crippen LogP contribution is -2.40. The summed E-state index contributed by atoms with van der Waals surface area (Å²) in [5, 5.41) is 13.8. The maximum atomic E-state index is 11.4. The van der Waals surface area contributed by atoms with Gasteiger partial charge in [0.15, 0.2) is 0 Å². The Kier molecular flexibility index (Phi) is 4.86. The van der Waals surface area contributed by atoms with Gasteiger partial charge >= 0.3 is 0 Å². The fourth-order valence-electron chi connectivity index (χ4n) is 1.86. The Morgan fingerprint density at radius 3 is 2.58 bits per heavy atom. The molecule has 104 valence electrons. The van der Waals surface area contributed by atoms with Gasteiger partial charge in [0.05, 0.1) is 4.92 Å². The Morgan fingerprint density at radius 2 is 2.16 bits per heavy atom. The molecule has 1 rings (SSSR count). The summed E-state index contributed by atoms with van der Waals surface area (Å²) >= 11 is 0. The minimum absolute atomic E-state index is 0.0599. The summed E-state index contributed by atoms with van der Waals surface area (Å²) in [6, 6.07) is 4.18. The fourth-order valence-corrected chi connectivity index (χ4v) is 1.86. The van der Waals surface area contributed by atoms with Crippen LogP contribution in [0.3, 0.4) is 0 Å². The van der Waals surface area contributed by atoms with Crippen LogP contribution in [0.5, 0.6) is 0 Å². The van der Waals surface area contributed by atoms with E-state index in [2.05, 4.69) is 5.32 Å². The van der Waals surface area contributed by atoms with Gasteiger partial charge in [-0.2, -0.15) is 0 Å². The number of rotatable bonds is 6. The molecule has 0 aliphatic heterocycles. The first-order valence-electron chi connectivity index (χ1n) is 6.17. The zero-order valence-electron chi connectivity index (χ0n) is 11.3. The number of nitro groups is 1. The quantitative estimate of drug-likeness (QED) is 0.608. The molecular formula is C13H19N3O3.